The highest BCUT2D eigenvalue weighted by atomic mass is 32.2. The topological polar surface area (TPSA) is 72.5 Å². The Hall–Kier alpha value is -1.56. The molecule has 1 aromatic carbocycles. The first-order chi connectivity index (χ1) is 10.2. The second-order valence-corrected chi connectivity index (χ2v) is 8.77. The molecular formula is C16H23NO4S. The Labute approximate surface area is 132 Å². The molecule has 1 atom stereocenters. The van der Waals surface area contributed by atoms with Gasteiger partial charge in [-0.3, -0.25) is 4.79 Å². The molecule has 122 valence electrons. The number of hydrogen-bond donors (Lipinski definition) is 1. The molecule has 1 fully saturated rings. The van der Waals surface area contributed by atoms with Crippen molar-refractivity contribution in [2.24, 2.45) is 5.92 Å². The van der Waals surface area contributed by atoms with Crippen molar-refractivity contribution in [1.82, 2.24) is 5.32 Å². The minimum atomic E-state index is -3.05. The molecular weight excluding hydrogens is 302 g/mol. The summed E-state index contributed by atoms with van der Waals surface area (Å²) >= 11 is 0. The Balaban J connectivity index is 2.05. The number of rotatable bonds is 5. The van der Waals surface area contributed by atoms with Crippen molar-refractivity contribution in [1.29, 1.82) is 0 Å². The maximum atomic E-state index is 12.3. The van der Waals surface area contributed by atoms with Crippen molar-refractivity contribution < 1.29 is 17.9 Å². The fraction of sp³-hybridized carbons (Fsp3) is 0.562. The highest BCUT2D eigenvalue weighted by Crippen LogP contribution is 2.24. The molecule has 0 aliphatic carbocycles. The molecule has 0 saturated carbocycles. The monoisotopic (exact) mass is 325 g/mol. The zero-order valence-corrected chi connectivity index (χ0v) is 14.1. The summed E-state index contributed by atoms with van der Waals surface area (Å²) in [5.41, 5.74) is -0.211. The lowest BCUT2D eigenvalue weighted by Gasteiger charge is -2.24. The van der Waals surface area contributed by atoms with Crippen LogP contribution in [-0.2, 0) is 9.84 Å². The van der Waals surface area contributed by atoms with Gasteiger partial charge >= 0.3 is 0 Å². The van der Waals surface area contributed by atoms with E-state index in [2.05, 4.69) is 19.2 Å². The van der Waals surface area contributed by atoms with Crippen LogP contribution < -0.4 is 10.1 Å². The number of carbonyl (C=O) groups is 1. The molecule has 1 saturated heterocycles. The zero-order chi connectivity index (χ0) is 16.4. The predicted octanol–water partition coefficient (Wildman–Crippen LogP) is 2.03. The van der Waals surface area contributed by atoms with E-state index >= 15 is 0 Å². The Morgan fingerprint density at radius 2 is 2.14 bits per heavy atom. The molecule has 1 aliphatic rings. The van der Waals surface area contributed by atoms with Crippen LogP contribution in [0.2, 0.25) is 0 Å². The highest BCUT2D eigenvalue weighted by molar-refractivity contribution is 7.91. The Kier molecular flexibility index (Phi) is 4.80. The van der Waals surface area contributed by atoms with E-state index in [-0.39, 0.29) is 17.4 Å². The van der Waals surface area contributed by atoms with Crippen molar-refractivity contribution in [2.45, 2.75) is 32.7 Å². The lowest BCUT2D eigenvalue weighted by atomic mass is 10.0. The Morgan fingerprint density at radius 3 is 2.73 bits per heavy atom. The fourth-order valence-corrected chi connectivity index (χ4v) is 4.54. The van der Waals surface area contributed by atoms with E-state index in [1.165, 1.54) is 0 Å². The molecule has 1 heterocycles. The number of amides is 1. The van der Waals surface area contributed by atoms with Crippen molar-refractivity contribution in [2.75, 3.05) is 18.1 Å². The number of carbonyl (C=O) groups excluding carboxylic acids is 1. The molecule has 0 radical (unpaired) electrons. The fourth-order valence-electron chi connectivity index (χ4n) is 2.45. The van der Waals surface area contributed by atoms with Crippen LogP contribution in [-0.4, -0.2) is 38.0 Å². The van der Waals surface area contributed by atoms with Crippen LogP contribution in [0.1, 0.15) is 37.6 Å². The van der Waals surface area contributed by atoms with Gasteiger partial charge in [0.25, 0.3) is 5.91 Å². The van der Waals surface area contributed by atoms with E-state index in [9.17, 15) is 13.2 Å². The summed E-state index contributed by atoms with van der Waals surface area (Å²) in [5.74, 6) is 0.900. The van der Waals surface area contributed by atoms with Crippen LogP contribution in [0.25, 0.3) is 0 Å². The van der Waals surface area contributed by atoms with Crippen LogP contribution in [0, 0.1) is 5.92 Å². The predicted molar refractivity (Wildman–Crippen MR) is 85.9 cm³/mol. The van der Waals surface area contributed by atoms with Gasteiger partial charge in [0, 0.05) is 5.56 Å². The number of benzene rings is 1. The first-order valence-electron chi connectivity index (χ1n) is 7.45. The second-order valence-electron chi connectivity index (χ2n) is 6.59. The normalized spacial score (nSPS) is 23.5. The average molecular weight is 325 g/mol. The van der Waals surface area contributed by atoms with Gasteiger partial charge in [-0.2, -0.15) is 0 Å². The molecule has 2 rings (SSSR count). The SMILES string of the molecule is CC(C)COc1cccc(C(=O)N[C@@]2(C)CCS(=O)(=O)C2)c1. The third-order valence-electron chi connectivity index (χ3n) is 3.60. The number of ether oxygens (including phenoxy) is 1. The van der Waals surface area contributed by atoms with Crippen LogP contribution in [0.5, 0.6) is 5.75 Å². The summed E-state index contributed by atoms with van der Waals surface area (Å²) in [7, 11) is -3.05. The van der Waals surface area contributed by atoms with E-state index in [1.54, 1.807) is 31.2 Å². The molecule has 0 unspecified atom stereocenters. The third kappa shape index (κ3) is 4.47. The number of sulfone groups is 1. The molecule has 1 N–H and O–H groups in total. The van der Waals surface area contributed by atoms with E-state index in [4.69, 9.17) is 4.74 Å². The first kappa shape index (κ1) is 16.8. The van der Waals surface area contributed by atoms with Crippen LogP contribution in [0.3, 0.4) is 0 Å². The smallest absolute Gasteiger partial charge is 0.251 e. The van der Waals surface area contributed by atoms with E-state index in [0.29, 0.717) is 30.3 Å². The van der Waals surface area contributed by atoms with Gasteiger partial charge in [0.1, 0.15) is 5.75 Å². The number of nitrogens with one attached hydrogen (secondary N) is 1. The summed E-state index contributed by atoms with van der Waals surface area (Å²) in [5, 5.41) is 2.85. The van der Waals surface area contributed by atoms with Gasteiger partial charge < -0.3 is 10.1 Å². The van der Waals surface area contributed by atoms with Crippen LogP contribution in [0.4, 0.5) is 0 Å². The maximum absolute atomic E-state index is 12.3. The van der Waals surface area contributed by atoms with Crippen molar-refractivity contribution in [3.8, 4) is 5.75 Å². The van der Waals surface area contributed by atoms with Crippen molar-refractivity contribution in [3.05, 3.63) is 29.8 Å². The van der Waals surface area contributed by atoms with E-state index < -0.39 is 15.4 Å². The van der Waals surface area contributed by atoms with E-state index in [0.717, 1.165) is 0 Å². The summed E-state index contributed by atoms with van der Waals surface area (Å²) in [4.78, 5) is 12.3. The molecule has 22 heavy (non-hydrogen) atoms. The minimum absolute atomic E-state index is 0.00468. The molecule has 0 aromatic heterocycles. The molecule has 5 nitrogen and oxygen atoms in total. The zero-order valence-electron chi connectivity index (χ0n) is 13.3. The Bertz CT molecular complexity index is 654. The molecule has 6 heteroatoms. The molecule has 0 bridgehead atoms. The average Bonchev–Trinajstić information content (AvgIpc) is 2.70. The molecule has 0 spiro atoms. The van der Waals surface area contributed by atoms with Gasteiger partial charge in [-0.1, -0.05) is 19.9 Å². The van der Waals surface area contributed by atoms with Gasteiger partial charge in [0.2, 0.25) is 0 Å². The first-order valence-corrected chi connectivity index (χ1v) is 9.27. The van der Waals surface area contributed by atoms with Gasteiger partial charge in [0.15, 0.2) is 9.84 Å². The van der Waals surface area contributed by atoms with Gasteiger partial charge in [0.05, 0.1) is 23.7 Å². The Morgan fingerprint density at radius 1 is 1.41 bits per heavy atom. The molecule has 1 amide bonds. The summed E-state index contributed by atoms with van der Waals surface area (Å²) in [6.07, 6.45) is 0.449. The van der Waals surface area contributed by atoms with Crippen LogP contribution in [0.15, 0.2) is 24.3 Å². The van der Waals surface area contributed by atoms with Crippen LogP contribution >= 0.6 is 0 Å². The quantitative estimate of drug-likeness (QED) is 0.899. The lowest BCUT2D eigenvalue weighted by Crippen LogP contribution is -2.46. The maximum Gasteiger partial charge on any atom is 0.251 e. The highest BCUT2D eigenvalue weighted by Gasteiger charge is 2.39. The lowest BCUT2D eigenvalue weighted by molar-refractivity contribution is 0.0915. The minimum Gasteiger partial charge on any atom is -0.493 e. The summed E-state index contributed by atoms with van der Waals surface area (Å²) < 4.78 is 28.8. The van der Waals surface area contributed by atoms with Crippen molar-refractivity contribution >= 4 is 15.7 Å². The summed E-state index contributed by atoms with van der Waals surface area (Å²) in [6.45, 7) is 6.46. The largest absolute Gasteiger partial charge is 0.493 e. The van der Waals surface area contributed by atoms with Gasteiger partial charge in [-0.05, 0) is 37.5 Å². The third-order valence-corrected chi connectivity index (χ3v) is 5.50. The summed E-state index contributed by atoms with van der Waals surface area (Å²) in [6, 6.07) is 6.95. The standard InChI is InChI=1S/C16H23NO4S/c1-12(2)10-21-14-6-4-5-13(9-14)15(18)17-16(3)7-8-22(19,20)11-16/h4-6,9,12H,7-8,10-11H2,1-3H3,(H,17,18)/t16-/m0/s1. The number of hydrogen-bond acceptors (Lipinski definition) is 4. The second kappa shape index (κ2) is 6.28. The molecule has 1 aliphatic heterocycles. The van der Waals surface area contributed by atoms with Gasteiger partial charge in [-0.25, -0.2) is 8.42 Å². The molecule has 1 aromatic rings. The van der Waals surface area contributed by atoms with E-state index in [1.807, 2.05) is 0 Å². The van der Waals surface area contributed by atoms with Gasteiger partial charge in [-0.15, -0.1) is 0 Å². The van der Waals surface area contributed by atoms with Crippen molar-refractivity contribution in [3.63, 3.8) is 0 Å².